The first kappa shape index (κ1) is 14.9. The van der Waals surface area contributed by atoms with Crippen molar-refractivity contribution in [3.05, 3.63) is 72.3 Å². The summed E-state index contributed by atoms with van der Waals surface area (Å²) in [5.74, 6) is 0.211. The van der Waals surface area contributed by atoms with Gasteiger partial charge in [-0.3, -0.25) is 0 Å². The van der Waals surface area contributed by atoms with Gasteiger partial charge in [0.1, 0.15) is 0 Å². The quantitative estimate of drug-likeness (QED) is 0.474. The van der Waals surface area contributed by atoms with Gasteiger partial charge in [-0.2, -0.15) is 0 Å². The summed E-state index contributed by atoms with van der Waals surface area (Å²) in [6.07, 6.45) is 1.81. The molecule has 0 fully saturated rings. The molecule has 0 saturated heterocycles. The fourth-order valence-corrected chi connectivity index (χ4v) is 2.04. The molecule has 0 bridgehead atoms. The van der Waals surface area contributed by atoms with Gasteiger partial charge in [0, 0.05) is 13.6 Å². The van der Waals surface area contributed by atoms with Crippen molar-refractivity contribution in [3.63, 3.8) is 0 Å². The molecule has 2 rings (SSSR count). The highest BCUT2D eigenvalue weighted by Crippen LogP contribution is 2.29. The van der Waals surface area contributed by atoms with Gasteiger partial charge in [-0.15, -0.1) is 6.58 Å². The van der Waals surface area contributed by atoms with Gasteiger partial charge >= 0.3 is 5.97 Å². The third-order valence-electron chi connectivity index (χ3n) is 3.14. The lowest BCUT2D eigenvalue weighted by atomic mass is 10.2. The Labute approximate surface area is 125 Å². The van der Waals surface area contributed by atoms with Crippen LogP contribution in [0.2, 0.25) is 0 Å². The summed E-state index contributed by atoms with van der Waals surface area (Å²) < 4.78 is 5.56. The first-order valence-corrected chi connectivity index (χ1v) is 6.81. The van der Waals surface area contributed by atoms with Crippen LogP contribution < -0.4 is 9.64 Å². The van der Waals surface area contributed by atoms with Crippen LogP contribution in [0, 0.1) is 6.92 Å². The van der Waals surface area contributed by atoms with Crippen LogP contribution in [0.15, 0.2) is 61.2 Å². The highest BCUT2D eigenvalue weighted by atomic mass is 16.5. The molecule has 0 heterocycles. The summed E-state index contributed by atoms with van der Waals surface area (Å²) >= 11 is 0. The monoisotopic (exact) mass is 281 g/mol. The van der Waals surface area contributed by atoms with Crippen molar-refractivity contribution in [1.82, 2.24) is 0 Å². The van der Waals surface area contributed by atoms with Crippen LogP contribution in [0.1, 0.15) is 15.9 Å². The minimum atomic E-state index is -0.352. The Hall–Kier alpha value is -2.55. The zero-order chi connectivity index (χ0) is 15.2. The van der Waals surface area contributed by atoms with E-state index in [2.05, 4.69) is 6.58 Å². The summed E-state index contributed by atoms with van der Waals surface area (Å²) in [6, 6.07) is 14.8. The molecular weight excluding hydrogens is 262 g/mol. The van der Waals surface area contributed by atoms with Gasteiger partial charge < -0.3 is 9.64 Å². The van der Waals surface area contributed by atoms with Crippen LogP contribution in [-0.4, -0.2) is 19.6 Å². The van der Waals surface area contributed by atoms with E-state index in [-0.39, 0.29) is 5.97 Å². The summed E-state index contributed by atoms with van der Waals surface area (Å²) in [6.45, 7) is 6.38. The second-order valence-electron chi connectivity index (χ2n) is 4.90. The van der Waals surface area contributed by atoms with E-state index >= 15 is 0 Å². The lowest BCUT2D eigenvalue weighted by Gasteiger charge is -2.20. The lowest BCUT2D eigenvalue weighted by molar-refractivity contribution is 0.0735. The maximum Gasteiger partial charge on any atom is 0.343 e. The molecule has 0 N–H and O–H groups in total. The molecule has 21 heavy (non-hydrogen) atoms. The molecule has 2 aromatic rings. The number of hydrogen-bond acceptors (Lipinski definition) is 3. The summed E-state index contributed by atoms with van der Waals surface area (Å²) in [7, 11) is 1.94. The van der Waals surface area contributed by atoms with Crippen molar-refractivity contribution in [2.75, 3.05) is 18.5 Å². The van der Waals surface area contributed by atoms with E-state index in [0.717, 1.165) is 11.3 Å². The fraction of sp³-hybridized carbons (Fsp3) is 0.167. The number of benzene rings is 2. The first-order chi connectivity index (χ1) is 10.1. The number of hydrogen-bond donors (Lipinski definition) is 0. The lowest BCUT2D eigenvalue weighted by Crippen LogP contribution is -2.19. The molecule has 0 unspecified atom stereocenters. The van der Waals surface area contributed by atoms with Crippen LogP contribution in [-0.2, 0) is 0 Å². The molecule has 0 aliphatic carbocycles. The van der Waals surface area contributed by atoms with Gasteiger partial charge in [-0.25, -0.2) is 4.79 Å². The molecule has 108 valence electrons. The van der Waals surface area contributed by atoms with Crippen LogP contribution in [0.5, 0.6) is 5.75 Å². The average molecular weight is 281 g/mol. The number of anilines is 1. The van der Waals surface area contributed by atoms with Crippen molar-refractivity contribution in [3.8, 4) is 5.75 Å². The number of ether oxygens (including phenoxy) is 1. The normalized spacial score (nSPS) is 10.0. The minimum absolute atomic E-state index is 0.352. The van der Waals surface area contributed by atoms with Crippen LogP contribution in [0.25, 0.3) is 0 Å². The molecule has 0 aliphatic heterocycles. The van der Waals surface area contributed by atoms with Gasteiger partial charge in [0.15, 0.2) is 5.75 Å². The summed E-state index contributed by atoms with van der Waals surface area (Å²) in [5, 5.41) is 0. The number of esters is 1. The van der Waals surface area contributed by atoms with Gasteiger partial charge in [-0.1, -0.05) is 30.3 Å². The Bertz CT molecular complexity index is 635. The van der Waals surface area contributed by atoms with Crippen molar-refractivity contribution in [1.29, 1.82) is 0 Å². The second-order valence-corrected chi connectivity index (χ2v) is 4.90. The van der Waals surface area contributed by atoms with Gasteiger partial charge in [0.05, 0.1) is 11.3 Å². The Morgan fingerprint density at radius 1 is 1.24 bits per heavy atom. The predicted octanol–water partition coefficient (Wildman–Crippen LogP) is 3.84. The second kappa shape index (κ2) is 6.75. The molecule has 0 aliphatic rings. The molecule has 0 radical (unpaired) electrons. The predicted molar refractivity (Wildman–Crippen MR) is 86.0 cm³/mol. The topological polar surface area (TPSA) is 29.5 Å². The molecule has 0 spiro atoms. The van der Waals surface area contributed by atoms with Crippen molar-refractivity contribution in [2.45, 2.75) is 6.92 Å². The van der Waals surface area contributed by atoms with Gasteiger partial charge in [-0.05, 0) is 36.8 Å². The summed E-state index contributed by atoms with van der Waals surface area (Å²) in [4.78, 5) is 14.2. The zero-order valence-electron chi connectivity index (χ0n) is 12.4. The number of carbonyl (C=O) groups excluding carboxylic acids is 1. The molecule has 0 saturated carbocycles. The van der Waals surface area contributed by atoms with E-state index in [4.69, 9.17) is 4.74 Å². The molecule has 3 nitrogen and oxygen atoms in total. The molecule has 0 atom stereocenters. The Morgan fingerprint density at radius 3 is 2.62 bits per heavy atom. The van der Waals surface area contributed by atoms with E-state index in [0.29, 0.717) is 17.9 Å². The van der Waals surface area contributed by atoms with E-state index in [1.807, 2.05) is 61.3 Å². The summed E-state index contributed by atoms with van der Waals surface area (Å²) in [5.41, 5.74) is 2.45. The molecule has 0 amide bonds. The third-order valence-corrected chi connectivity index (χ3v) is 3.14. The average Bonchev–Trinajstić information content (AvgIpc) is 2.48. The molecular formula is C18H19NO2. The van der Waals surface area contributed by atoms with E-state index in [9.17, 15) is 4.79 Å². The minimum Gasteiger partial charge on any atom is -0.421 e. The number of nitrogens with zero attached hydrogens (tertiary/aromatic N) is 1. The highest BCUT2D eigenvalue weighted by molar-refractivity contribution is 5.91. The standard InChI is InChI=1S/C18H19NO2/c1-4-12-19(3)16-11-10-14(2)13-17(16)21-18(20)15-8-6-5-7-9-15/h4-11,13H,1,12H2,2-3H3. The zero-order valence-corrected chi connectivity index (χ0v) is 12.4. The molecule has 0 aromatic heterocycles. The van der Waals surface area contributed by atoms with E-state index in [1.165, 1.54) is 0 Å². The Balaban J connectivity index is 2.28. The number of aryl methyl sites for hydroxylation is 1. The Kier molecular flexibility index (Phi) is 4.77. The largest absolute Gasteiger partial charge is 0.421 e. The SMILES string of the molecule is C=CCN(C)c1ccc(C)cc1OC(=O)c1ccccc1. The van der Waals surface area contributed by atoms with Crippen molar-refractivity contribution < 1.29 is 9.53 Å². The fourth-order valence-electron chi connectivity index (χ4n) is 2.04. The van der Waals surface area contributed by atoms with Crippen molar-refractivity contribution in [2.24, 2.45) is 0 Å². The van der Waals surface area contributed by atoms with Crippen LogP contribution >= 0.6 is 0 Å². The highest BCUT2D eigenvalue weighted by Gasteiger charge is 2.13. The third kappa shape index (κ3) is 3.72. The van der Waals surface area contributed by atoms with Crippen molar-refractivity contribution >= 4 is 11.7 Å². The van der Waals surface area contributed by atoms with E-state index in [1.54, 1.807) is 12.1 Å². The van der Waals surface area contributed by atoms with Gasteiger partial charge in [0.25, 0.3) is 0 Å². The number of rotatable bonds is 5. The number of likely N-dealkylation sites (N-methyl/N-ethyl adjacent to an activating group) is 1. The first-order valence-electron chi connectivity index (χ1n) is 6.81. The van der Waals surface area contributed by atoms with Crippen LogP contribution in [0.4, 0.5) is 5.69 Å². The molecule has 2 aromatic carbocycles. The maximum absolute atomic E-state index is 12.2. The van der Waals surface area contributed by atoms with Crippen LogP contribution in [0.3, 0.4) is 0 Å². The smallest absolute Gasteiger partial charge is 0.343 e. The molecule has 3 heteroatoms. The number of carbonyl (C=O) groups is 1. The van der Waals surface area contributed by atoms with Gasteiger partial charge in [0.2, 0.25) is 0 Å². The maximum atomic E-state index is 12.2. The van der Waals surface area contributed by atoms with E-state index < -0.39 is 0 Å². The Morgan fingerprint density at radius 2 is 1.95 bits per heavy atom.